The molecule has 1 heterocycles. The minimum absolute atomic E-state index is 0.344. The summed E-state index contributed by atoms with van der Waals surface area (Å²) in [5.41, 5.74) is 0.344. The zero-order valence-electron chi connectivity index (χ0n) is 6.29. The third-order valence-corrected chi connectivity index (χ3v) is 1.29. The Hall–Kier alpha value is -1.34. The molecule has 0 aliphatic rings. The molecule has 0 fully saturated rings. The molecular formula is C7H9N3O. The van der Waals surface area contributed by atoms with Crippen LogP contribution in [0.2, 0.25) is 0 Å². The van der Waals surface area contributed by atoms with Crippen molar-refractivity contribution in [3.8, 4) is 6.07 Å². The van der Waals surface area contributed by atoms with Crippen LogP contribution in [0.5, 0.6) is 0 Å². The zero-order valence-corrected chi connectivity index (χ0v) is 6.29. The predicted molar refractivity (Wildman–Crippen MR) is 38.8 cm³/mol. The van der Waals surface area contributed by atoms with Crippen LogP contribution >= 0.6 is 0 Å². The van der Waals surface area contributed by atoms with Gasteiger partial charge in [0.05, 0.1) is 0 Å². The summed E-state index contributed by atoms with van der Waals surface area (Å²) in [7, 11) is 1.86. The second-order valence-electron chi connectivity index (χ2n) is 2.14. The van der Waals surface area contributed by atoms with Crippen molar-refractivity contribution in [2.24, 2.45) is 0 Å². The van der Waals surface area contributed by atoms with Gasteiger partial charge in [-0.2, -0.15) is 5.26 Å². The number of aromatic nitrogens is 1. The molecule has 0 radical (unpaired) electrons. The maximum absolute atomic E-state index is 8.39. The van der Waals surface area contributed by atoms with E-state index < -0.39 is 0 Å². The van der Waals surface area contributed by atoms with Crippen molar-refractivity contribution in [2.45, 2.75) is 6.42 Å². The van der Waals surface area contributed by atoms with Gasteiger partial charge < -0.3 is 9.84 Å². The molecule has 0 aromatic carbocycles. The van der Waals surface area contributed by atoms with Gasteiger partial charge >= 0.3 is 0 Å². The molecule has 0 unspecified atom stereocenters. The Labute approximate surface area is 64.8 Å². The molecule has 0 saturated heterocycles. The number of hydrogen-bond donors (Lipinski definition) is 1. The summed E-state index contributed by atoms with van der Waals surface area (Å²) < 4.78 is 4.85. The first-order chi connectivity index (χ1) is 5.36. The van der Waals surface area contributed by atoms with Crippen molar-refractivity contribution in [2.75, 3.05) is 13.6 Å². The van der Waals surface area contributed by atoms with Gasteiger partial charge in [-0.1, -0.05) is 5.16 Å². The highest BCUT2D eigenvalue weighted by Gasteiger charge is 2.00. The van der Waals surface area contributed by atoms with E-state index in [9.17, 15) is 0 Å². The van der Waals surface area contributed by atoms with E-state index in [-0.39, 0.29) is 0 Å². The number of likely N-dealkylation sites (N-methyl/N-ethyl adjacent to an activating group) is 1. The van der Waals surface area contributed by atoms with Crippen LogP contribution in [0.4, 0.5) is 0 Å². The topological polar surface area (TPSA) is 61.9 Å². The van der Waals surface area contributed by atoms with Crippen LogP contribution in [0.15, 0.2) is 10.6 Å². The van der Waals surface area contributed by atoms with Gasteiger partial charge in [-0.05, 0) is 7.05 Å². The number of rotatable bonds is 3. The molecular weight excluding hydrogens is 142 g/mol. The molecule has 0 bridgehead atoms. The summed E-state index contributed by atoms with van der Waals surface area (Å²) in [6.45, 7) is 0.833. The molecule has 1 rings (SSSR count). The molecule has 0 amide bonds. The van der Waals surface area contributed by atoms with E-state index in [0.717, 1.165) is 18.7 Å². The Morgan fingerprint density at radius 1 is 1.82 bits per heavy atom. The van der Waals surface area contributed by atoms with Crippen molar-refractivity contribution in [3.05, 3.63) is 17.5 Å². The SMILES string of the molecule is CNCCc1cc(C#N)no1. The highest BCUT2D eigenvalue weighted by molar-refractivity contribution is 5.19. The Bertz CT molecular complexity index is 261. The van der Waals surface area contributed by atoms with Gasteiger partial charge in [0, 0.05) is 19.0 Å². The zero-order chi connectivity index (χ0) is 8.10. The third-order valence-electron chi connectivity index (χ3n) is 1.29. The fourth-order valence-corrected chi connectivity index (χ4v) is 0.732. The molecule has 0 spiro atoms. The smallest absolute Gasteiger partial charge is 0.183 e. The summed E-state index contributed by atoms with van der Waals surface area (Å²) in [6, 6.07) is 3.55. The van der Waals surface area contributed by atoms with E-state index in [1.54, 1.807) is 6.07 Å². The molecule has 4 heteroatoms. The Balaban J connectivity index is 2.53. The van der Waals surface area contributed by atoms with Crippen LogP contribution in [0.3, 0.4) is 0 Å². The molecule has 11 heavy (non-hydrogen) atoms. The van der Waals surface area contributed by atoms with Gasteiger partial charge in [-0.15, -0.1) is 0 Å². The quantitative estimate of drug-likeness (QED) is 0.675. The van der Waals surface area contributed by atoms with Gasteiger partial charge in [0.25, 0.3) is 0 Å². The highest BCUT2D eigenvalue weighted by Crippen LogP contribution is 2.01. The summed E-state index contributed by atoms with van der Waals surface area (Å²) in [5, 5.41) is 14.9. The fourth-order valence-electron chi connectivity index (χ4n) is 0.732. The lowest BCUT2D eigenvalue weighted by molar-refractivity contribution is 0.380. The van der Waals surface area contributed by atoms with Crippen LogP contribution < -0.4 is 5.32 Å². The van der Waals surface area contributed by atoms with E-state index in [0.29, 0.717) is 5.69 Å². The van der Waals surface area contributed by atoms with E-state index in [2.05, 4.69) is 10.5 Å². The van der Waals surface area contributed by atoms with Gasteiger partial charge in [-0.3, -0.25) is 0 Å². The highest BCUT2D eigenvalue weighted by atomic mass is 16.5. The number of nitrogens with zero attached hydrogens (tertiary/aromatic N) is 2. The molecule has 1 aromatic rings. The predicted octanol–water partition coefficient (Wildman–Crippen LogP) is 0.308. The minimum Gasteiger partial charge on any atom is -0.360 e. The maximum atomic E-state index is 8.39. The van der Waals surface area contributed by atoms with Crippen LogP contribution in [-0.4, -0.2) is 18.7 Å². The van der Waals surface area contributed by atoms with Gasteiger partial charge in [0.15, 0.2) is 5.69 Å². The molecule has 0 aliphatic heterocycles. The van der Waals surface area contributed by atoms with Crippen LogP contribution in [-0.2, 0) is 6.42 Å². The Morgan fingerprint density at radius 2 is 2.64 bits per heavy atom. The largest absolute Gasteiger partial charge is 0.360 e. The first-order valence-electron chi connectivity index (χ1n) is 3.37. The van der Waals surface area contributed by atoms with Crippen LogP contribution in [0.1, 0.15) is 11.5 Å². The van der Waals surface area contributed by atoms with E-state index >= 15 is 0 Å². The molecule has 1 N–H and O–H groups in total. The standard InChI is InChI=1S/C7H9N3O/c1-9-3-2-7-4-6(5-8)10-11-7/h4,9H,2-3H2,1H3. The molecule has 58 valence electrons. The Morgan fingerprint density at radius 3 is 3.18 bits per heavy atom. The van der Waals surface area contributed by atoms with Crippen molar-refractivity contribution in [3.63, 3.8) is 0 Å². The van der Waals surface area contributed by atoms with Crippen LogP contribution in [0, 0.1) is 11.3 Å². The lowest BCUT2D eigenvalue weighted by Gasteiger charge is -1.91. The monoisotopic (exact) mass is 151 g/mol. The average molecular weight is 151 g/mol. The second kappa shape index (κ2) is 3.74. The lowest BCUT2D eigenvalue weighted by atomic mass is 10.3. The second-order valence-corrected chi connectivity index (χ2v) is 2.14. The van der Waals surface area contributed by atoms with E-state index in [1.807, 2.05) is 13.1 Å². The van der Waals surface area contributed by atoms with Crippen molar-refractivity contribution in [1.82, 2.24) is 10.5 Å². The number of nitrogens with one attached hydrogen (secondary N) is 1. The first-order valence-corrected chi connectivity index (χ1v) is 3.37. The average Bonchev–Trinajstić information content (AvgIpc) is 2.48. The molecule has 0 aliphatic carbocycles. The van der Waals surface area contributed by atoms with Gasteiger partial charge in [0.1, 0.15) is 11.8 Å². The van der Waals surface area contributed by atoms with Crippen LogP contribution in [0.25, 0.3) is 0 Å². The van der Waals surface area contributed by atoms with Gasteiger partial charge in [-0.25, -0.2) is 0 Å². The summed E-state index contributed by atoms with van der Waals surface area (Å²) in [5.74, 6) is 0.746. The fraction of sp³-hybridized carbons (Fsp3) is 0.429. The van der Waals surface area contributed by atoms with E-state index in [4.69, 9.17) is 9.78 Å². The van der Waals surface area contributed by atoms with Crippen molar-refractivity contribution in [1.29, 1.82) is 5.26 Å². The molecule has 4 nitrogen and oxygen atoms in total. The van der Waals surface area contributed by atoms with Crippen molar-refractivity contribution >= 4 is 0 Å². The van der Waals surface area contributed by atoms with E-state index in [1.165, 1.54) is 0 Å². The van der Waals surface area contributed by atoms with Gasteiger partial charge in [0.2, 0.25) is 0 Å². The number of nitriles is 1. The lowest BCUT2D eigenvalue weighted by Crippen LogP contribution is -2.09. The minimum atomic E-state index is 0.344. The normalized spacial score (nSPS) is 9.45. The molecule has 0 atom stereocenters. The summed E-state index contributed by atoms with van der Waals surface area (Å²) in [4.78, 5) is 0. The first kappa shape index (κ1) is 7.76. The number of hydrogen-bond acceptors (Lipinski definition) is 4. The third kappa shape index (κ3) is 2.06. The Kier molecular flexibility index (Phi) is 2.64. The van der Waals surface area contributed by atoms with Crippen molar-refractivity contribution < 1.29 is 4.52 Å². The summed E-state index contributed by atoms with van der Waals surface area (Å²) in [6.07, 6.45) is 0.769. The molecule has 1 aromatic heterocycles. The molecule has 0 saturated carbocycles. The maximum Gasteiger partial charge on any atom is 0.183 e. The summed E-state index contributed by atoms with van der Waals surface area (Å²) >= 11 is 0.